The van der Waals surface area contributed by atoms with Gasteiger partial charge < -0.3 is 19.0 Å². The summed E-state index contributed by atoms with van der Waals surface area (Å²) in [6.07, 6.45) is 1.40. The van der Waals surface area contributed by atoms with Gasteiger partial charge in [-0.15, -0.1) is 0 Å². The number of rotatable bonds is 3. The zero-order chi connectivity index (χ0) is 17.2. The van der Waals surface area contributed by atoms with Gasteiger partial charge in [0.05, 0.1) is 7.11 Å². The topological polar surface area (TPSA) is 58.8 Å². The average molecular weight is 337 g/mol. The van der Waals surface area contributed by atoms with Gasteiger partial charge in [-0.2, -0.15) is 0 Å². The van der Waals surface area contributed by atoms with Crippen LogP contribution < -0.4 is 9.64 Å². The molecule has 3 aromatic rings. The zero-order valence-corrected chi connectivity index (χ0v) is 14.0. The van der Waals surface area contributed by atoms with Gasteiger partial charge >= 0.3 is 0 Å². The maximum absolute atomic E-state index is 12.7. The van der Waals surface area contributed by atoms with Crippen molar-refractivity contribution in [3.8, 4) is 5.75 Å². The molecule has 2 heterocycles. The van der Waals surface area contributed by atoms with Gasteiger partial charge in [0.15, 0.2) is 12.0 Å². The van der Waals surface area contributed by atoms with Crippen molar-refractivity contribution in [2.75, 3.05) is 38.2 Å². The first-order valence-electron chi connectivity index (χ1n) is 8.26. The summed E-state index contributed by atoms with van der Waals surface area (Å²) in [4.78, 5) is 21.0. The molecule has 128 valence electrons. The van der Waals surface area contributed by atoms with Gasteiger partial charge in [0.25, 0.3) is 5.91 Å². The summed E-state index contributed by atoms with van der Waals surface area (Å²) in [5.74, 6) is 0.889. The number of carbonyl (C=O) groups is 1. The molecule has 0 bridgehead atoms. The SMILES string of the molecule is COc1ccc(N2CCN(C(=O)c3ccc4ocnc4c3)CC2)cc1. The van der Waals surface area contributed by atoms with Crippen LogP contribution in [0.5, 0.6) is 5.75 Å². The van der Waals surface area contributed by atoms with Crippen LogP contribution in [0.3, 0.4) is 0 Å². The van der Waals surface area contributed by atoms with E-state index in [0.29, 0.717) is 29.8 Å². The van der Waals surface area contributed by atoms with Gasteiger partial charge in [0.1, 0.15) is 11.3 Å². The second-order valence-electron chi connectivity index (χ2n) is 6.01. The molecule has 1 aromatic heterocycles. The largest absolute Gasteiger partial charge is 0.497 e. The van der Waals surface area contributed by atoms with Crippen LogP contribution in [0.15, 0.2) is 53.3 Å². The number of carbonyl (C=O) groups excluding carboxylic acids is 1. The monoisotopic (exact) mass is 337 g/mol. The van der Waals surface area contributed by atoms with Crippen LogP contribution in [-0.2, 0) is 0 Å². The third-order valence-corrected chi connectivity index (χ3v) is 4.58. The summed E-state index contributed by atoms with van der Waals surface area (Å²) in [5, 5.41) is 0. The highest BCUT2D eigenvalue weighted by atomic mass is 16.5. The van der Waals surface area contributed by atoms with Crippen LogP contribution in [0.4, 0.5) is 5.69 Å². The highest BCUT2D eigenvalue weighted by molar-refractivity contribution is 5.97. The molecule has 0 N–H and O–H groups in total. The Morgan fingerprint density at radius 3 is 2.56 bits per heavy atom. The van der Waals surface area contributed by atoms with Crippen LogP contribution in [-0.4, -0.2) is 49.1 Å². The summed E-state index contributed by atoms with van der Waals surface area (Å²) in [6, 6.07) is 13.4. The molecule has 25 heavy (non-hydrogen) atoms. The predicted molar refractivity (Wildman–Crippen MR) is 95.1 cm³/mol. The lowest BCUT2D eigenvalue weighted by atomic mass is 10.1. The fourth-order valence-corrected chi connectivity index (χ4v) is 3.13. The van der Waals surface area contributed by atoms with Crippen molar-refractivity contribution in [1.29, 1.82) is 0 Å². The lowest BCUT2D eigenvalue weighted by Gasteiger charge is -2.36. The summed E-state index contributed by atoms with van der Waals surface area (Å²) in [5.41, 5.74) is 3.21. The minimum Gasteiger partial charge on any atom is -0.497 e. The van der Waals surface area contributed by atoms with Gasteiger partial charge in [0, 0.05) is 37.4 Å². The molecule has 0 saturated carbocycles. The van der Waals surface area contributed by atoms with Crippen LogP contribution in [0.2, 0.25) is 0 Å². The Bertz CT molecular complexity index is 880. The van der Waals surface area contributed by atoms with Crippen molar-refractivity contribution >= 4 is 22.7 Å². The zero-order valence-electron chi connectivity index (χ0n) is 14.0. The Hall–Kier alpha value is -3.02. The Morgan fingerprint density at radius 1 is 1.08 bits per heavy atom. The molecule has 4 rings (SSSR count). The molecule has 0 radical (unpaired) electrons. The number of ether oxygens (including phenoxy) is 1. The number of benzene rings is 2. The first-order valence-corrected chi connectivity index (χ1v) is 8.26. The van der Waals surface area contributed by atoms with Crippen molar-refractivity contribution in [3.05, 3.63) is 54.4 Å². The minimum absolute atomic E-state index is 0.0410. The van der Waals surface area contributed by atoms with Crippen molar-refractivity contribution in [2.24, 2.45) is 0 Å². The number of piperazine rings is 1. The summed E-state index contributed by atoms with van der Waals surface area (Å²) >= 11 is 0. The molecule has 2 aromatic carbocycles. The molecular formula is C19H19N3O3. The number of methoxy groups -OCH3 is 1. The number of hydrogen-bond donors (Lipinski definition) is 0. The van der Waals surface area contributed by atoms with Gasteiger partial charge in [-0.3, -0.25) is 4.79 Å². The van der Waals surface area contributed by atoms with E-state index in [1.807, 2.05) is 17.0 Å². The molecule has 0 atom stereocenters. The van der Waals surface area contributed by atoms with Gasteiger partial charge in [-0.1, -0.05) is 0 Å². The van der Waals surface area contributed by atoms with Gasteiger partial charge in [-0.25, -0.2) is 4.98 Å². The van der Waals surface area contributed by atoms with Gasteiger partial charge in [0.2, 0.25) is 0 Å². The van der Waals surface area contributed by atoms with Crippen LogP contribution in [0, 0.1) is 0 Å². The molecule has 1 saturated heterocycles. The number of aromatic nitrogens is 1. The lowest BCUT2D eigenvalue weighted by molar-refractivity contribution is 0.0747. The molecule has 6 heteroatoms. The van der Waals surface area contributed by atoms with E-state index in [1.54, 1.807) is 25.3 Å². The quantitative estimate of drug-likeness (QED) is 0.735. The highest BCUT2D eigenvalue weighted by Gasteiger charge is 2.22. The van der Waals surface area contributed by atoms with E-state index in [-0.39, 0.29) is 5.91 Å². The van der Waals surface area contributed by atoms with Gasteiger partial charge in [-0.05, 0) is 42.5 Å². The second kappa shape index (κ2) is 6.47. The maximum atomic E-state index is 12.7. The molecule has 0 unspecified atom stereocenters. The molecule has 1 aliphatic heterocycles. The van der Waals surface area contributed by atoms with E-state index in [2.05, 4.69) is 22.0 Å². The van der Waals surface area contributed by atoms with Crippen molar-refractivity contribution in [2.45, 2.75) is 0 Å². The molecule has 0 spiro atoms. The Balaban J connectivity index is 1.42. The fraction of sp³-hybridized carbons (Fsp3) is 0.263. The standard InChI is InChI=1S/C19H19N3O3/c1-24-16-5-3-15(4-6-16)21-8-10-22(11-9-21)19(23)14-2-7-18-17(12-14)20-13-25-18/h2-7,12-13H,8-11H2,1H3. The van der Waals surface area contributed by atoms with E-state index < -0.39 is 0 Å². The van der Waals surface area contributed by atoms with E-state index in [9.17, 15) is 4.79 Å². The first-order chi connectivity index (χ1) is 12.2. The van der Waals surface area contributed by atoms with E-state index in [1.165, 1.54) is 6.39 Å². The molecule has 1 aliphatic rings. The Kier molecular flexibility index (Phi) is 4.01. The number of amides is 1. The molecular weight excluding hydrogens is 318 g/mol. The van der Waals surface area contributed by atoms with Crippen LogP contribution in [0.1, 0.15) is 10.4 Å². The first kappa shape index (κ1) is 15.5. The van der Waals surface area contributed by atoms with Crippen LogP contribution in [0.25, 0.3) is 11.1 Å². The molecule has 0 aliphatic carbocycles. The number of oxazole rings is 1. The normalized spacial score (nSPS) is 14.8. The lowest BCUT2D eigenvalue weighted by Crippen LogP contribution is -2.48. The Labute approximate surface area is 145 Å². The predicted octanol–water partition coefficient (Wildman–Crippen LogP) is 2.80. The summed E-state index contributed by atoms with van der Waals surface area (Å²) < 4.78 is 10.4. The fourth-order valence-electron chi connectivity index (χ4n) is 3.13. The van der Waals surface area contributed by atoms with E-state index in [4.69, 9.17) is 9.15 Å². The molecule has 6 nitrogen and oxygen atoms in total. The smallest absolute Gasteiger partial charge is 0.254 e. The molecule has 1 amide bonds. The average Bonchev–Trinajstić information content (AvgIpc) is 3.15. The second-order valence-corrected chi connectivity index (χ2v) is 6.01. The van der Waals surface area contributed by atoms with Crippen molar-refractivity contribution in [1.82, 2.24) is 9.88 Å². The number of anilines is 1. The van der Waals surface area contributed by atoms with Crippen molar-refractivity contribution < 1.29 is 13.9 Å². The maximum Gasteiger partial charge on any atom is 0.254 e. The third kappa shape index (κ3) is 3.03. The summed E-state index contributed by atoms with van der Waals surface area (Å²) in [7, 11) is 1.66. The number of fused-ring (bicyclic) bond motifs is 1. The van der Waals surface area contributed by atoms with E-state index >= 15 is 0 Å². The summed E-state index contributed by atoms with van der Waals surface area (Å²) in [6.45, 7) is 3.01. The Morgan fingerprint density at radius 2 is 1.84 bits per heavy atom. The van der Waals surface area contributed by atoms with Crippen molar-refractivity contribution in [3.63, 3.8) is 0 Å². The highest BCUT2D eigenvalue weighted by Crippen LogP contribution is 2.21. The number of hydrogen-bond acceptors (Lipinski definition) is 5. The van der Waals surface area contributed by atoms with E-state index in [0.717, 1.165) is 24.5 Å². The van der Waals surface area contributed by atoms with Crippen LogP contribution >= 0.6 is 0 Å². The molecule has 1 fully saturated rings. The minimum atomic E-state index is 0.0410. The number of nitrogens with zero attached hydrogens (tertiary/aromatic N) is 3. The third-order valence-electron chi connectivity index (χ3n) is 4.58.